The lowest BCUT2D eigenvalue weighted by atomic mass is 9.79. The van der Waals surface area contributed by atoms with E-state index in [0.29, 0.717) is 12.3 Å². The molecule has 0 aliphatic heterocycles. The Morgan fingerprint density at radius 1 is 1.35 bits per heavy atom. The van der Waals surface area contributed by atoms with Gasteiger partial charge in [0, 0.05) is 25.4 Å². The Bertz CT molecular complexity index is 224. The van der Waals surface area contributed by atoms with Crippen LogP contribution in [0, 0.1) is 11.8 Å². The number of rotatable bonds is 7. The third-order valence-electron chi connectivity index (χ3n) is 3.88. The molecule has 0 saturated heterocycles. The highest BCUT2D eigenvalue weighted by Crippen LogP contribution is 2.29. The van der Waals surface area contributed by atoms with E-state index in [1.807, 2.05) is 0 Å². The Morgan fingerprint density at radius 2 is 2.12 bits per heavy atom. The van der Waals surface area contributed by atoms with E-state index in [9.17, 15) is 4.79 Å². The first-order valence-electron chi connectivity index (χ1n) is 7.07. The van der Waals surface area contributed by atoms with Crippen molar-refractivity contribution in [1.29, 1.82) is 0 Å². The summed E-state index contributed by atoms with van der Waals surface area (Å²) in [6.45, 7) is 7.09. The average Bonchev–Trinajstić information content (AvgIpc) is 2.32. The molecule has 17 heavy (non-hydrogen) atoms. The molecule has 0 spiro atoms. The number of carbonyl (C=O) groups is 1. The maximum atomic E-state index is 11.9. The van der Waals surface area contributed by atoms with Crippen molar-refractivity contribution in [1.82, 2.24) is 4.90 Å². The number of hydrogen-bond acceptors (Lipinski definition) is 3. The second kappa shape index (κ2) is 7.83. The molecule has 1 aliphatic carbocycles. The first kappa shape index (κ1) is 14.7. The maximum absolute atomic E-state index is 11.9. The van der Waals surface area contributed by atoms with Gasteiger partial charge in [-0.25, -0.2) is 0 Å². The number of hydrogen-bond donors (Lipinski definition) is 1. The largest absolute Gasteiger partial charge is 0.395 e. The Balaban J connectivity index is 2.47. The summed E-state index contributed by atoms with van der Waals surface area (Å²) in [4.78, 5) is 14.1. The van der Waals surface area contributed by atoms with Gasteiger partial charge < -0.3 is 10.0 Å². The topological polar surface area (TPSA) is 40.5 Å². The van der Waals surface area contributed by atoms with Gasteiger partial charge in [-0.05, 0) is 31.7 Å². The van der Waals surface area contributed by atoms with Crippen LogP contribution in [0.4, 0.5) is 0 Å². The Kier molecular flexibility index (Phi) is 6.75. The zero-order valence-electron chi connectivity index (χ0n) is 11.3. The van der Waals surface area contributed by atoms with Crippen LogP contribution in [0.5, 0.6) is 0 Å². The van der Waals surface area contributed by atoms with Gasteiger partial charge in [0.15, 0.2) is 0 Å². The van der Waals surface area contributed by atoms with Crippen LogP contribution >= 0.6 is 0 Å². The van der Waals surface area contributed by atoms with E-state index in [4.69, 9.17) is 5.11 Å². The van der Waals surface area contributed by atoms with Crippen LogP contribution in [0.2, 0.25) is 0 Å². The summed E-state index contributed by atoms with van der Waals surface area (Å²) in [5.41, 5.74) is 0. The average molecular weight is 241 g/mol. The van der Waals surface area contributed by atoms with Crippen molar-refractivity contribution in [3.63, 3.8) is 0 Å². The molecule has 0 aromatic rings. The summed E-state index contributed by atoms with van der Waals surface area (Å²) < 4.78 is 0. The molecule has 0 radical (unpaired) electrons. The lowest BCUT2D eigenvalue weighted by Gasteiger charge is -2.31. The SMILES string of the molecule is CCCN(CCO)CC1CC(CC)CCC1=O. The molecule has 0 aromatic heterocycles. The first-order chi connectivity index (χ1) is 8.21. The van der Waals surface area contributed by atoms with E-state index in [0.717, 1.165) is 44.7 Å². The van der Waals surface area contributed by atoms with Crippen LogP contribution in [0.3, 0.4) is 0 Å². The summed E-state index contributed by atoms with van der Waals surface area (Å²) >= 11 is 0. The van der Waals surface area contributed by atoms with Gasteiger partial charge in [-0.3, -0.25) is 4.79 Å². The van der Waals surface area contributed by atoms with Crippen molar-refractivity contribution < 1.29 is 9.90 Å². The highest BCUT2D eigenvalue weighted by atomic mass is 16.3. The lowest BCUT2D eigenvalue weighted by Crippen LogP contribution is -2.38. The summed E-state index contributed by atoms with van der Waals surface area (Å²) in [7, 11) is 0. The van der Waals surface area contributed by atoms with Crippen LogP contribution in [0.1, 0.15) is 46.0 Å². The molecule has 0 aromatic carbocycles. The number of carbonyl (C=O) groups excluding carboxylic acids is 1. The zero-order chi connectivity index (χ0) is 12.7. The molecule has 100 valence electrons. The molecule has 1 fully saturated rings. The summed E-state index contributed by atoms with van der Waals surface area (Å²) in [5.74, 6) is 1.39. The van der Waals surface area contributed by atoms with Gasteiger partial charge in [0.2, 0.25) is 0 Å². The number of ketones is 1. The molecule has 0 heterocycles. The van der Waals surface area contributed by atoms with Crippen LogP contribution in [-0.2, 0) is 4.79 Å². The highest BCUT2D eigenvalue weighted by molar-refractivity contribution is 5.81. The number of nitrogens with zero attached hydrogens (tertiary/aromatic N) is 1. The fourth-order valence-corrected chi connectivity index (χ4v) is 2.81. The van der Waals surface area contributed by atoms with Crippen molar-refractivity contribution >= 4 is 5.78 Å². The normalized spacial score (nSPS) is 25.5. The second-order valence-electron chi connectivity index (χ2n) is 5.24. The molecular weight excluding hydrogens is 214 g/mol. The third kappa shape index (κ3) is 4.76. The van der Waals surface area contributed by atoms with Gasteiger partial charge in [0.25, 0.3) is 0 Å². The summed E-state index contributed by atoms with van der Waals surface area (Å²) in [6, 6.07) is 0. The Morgan fingerprint density at radius 3 is 2.71 bits per heavy atom. The predicted molar refractivity (Wildman–Crippen MR) is 69.9 cm³/mol. The van der Waals surface area contributed by atoms with E-state index in [-0.39, 0.29) is 12.5 Å². The molecule has 3 heteroatoms. The van der Waals surface area contributed by atoms with Crippen LogP contribution in [0.15, 0.2) is 0 Å². The van der Waals surface area contributed by atoms with E-state index in [1.165, 1.54) is 6.42 Å². The molecule has 1 N–H and O–H groups in total. The Hall–Kier alpha value is -0.410. The van der Waals surface area contributed by atoms with Crippen molar-refractivity contribution in [2.75, 3.05) is 26.2 Å². The monoisotopic (exact) mass is 241 g/mol. The smallest absolute Gasteiger partial charge is 0.137 e. The van der Waals surface area contributed by atoms with Crippen molar-refractivity contribution in [3.8, 4) is 0 Å². The van der Waals surface area contributed by atoms with Gasteiger partial charge in [0.05, 0.1) is 6.61 Å². The molecule has 1 aliphatic rings. The number of aliphatic hydroxyl groups is 1. The highest BCUT2D eigenvalue weighted by Gasteiger charge is 2.28. The van der Waals surface area contributed by atoms with Crippen LogP contribution in [0.25, 0.3) is 0 Å². The minimum Gasteiger partial charge on any atom is -0.395 e. The third-order valence-corrected chi connectivity index (χ3v) is 3.88. The zero-order valence-corrected chi connectivity index (χ0v) is 11.3. The first-order valence-corrected chi connectivity index (χ1v) is 7.07. The lowest BCUT2D eigenvalue weighted by molar-refractivity contribution is -0.126. The fraction of sp³-hybridized carbons (Fsp3) is 0.929. The molecule has 3 nitrogen and oxygen atoms in total. The van der Waals surface area contributed by atoms with Gasteiger partial charge in [-0.15, -0.1) is 0 Å². The summed E-state index contributed by atoms with van der Waals surface area (Å²) in [6.07, 6.45) is 5.18. The minimum atomic E-state index is 0.193. The van der Waals surface area contributed by atoms with Crippen LogP contribution < -0.4 is 0 Å². The van der Waals surface area contributed by atoms with Gasteiger partial charge >= 0.3 is 0 Å². The van der Waals surface area contributed by atoms with E-state index in [2.05, 4.69) is 18.7 Å². The van der Waals surface area contributed by atoms with Crippen LogP contribution in [-0.4, -0.2) is 42.0 Å². The molecule has 1 saturated carbocycles. The number of Topliss-reactive ketones (excluding diaryl/α,β-unsaturated/α-hetero) is 1. The fourth-order valence-electron chi connectivity index (χ4n) is 2.81. The van der Waals surface area contributed by atoms with Gasteiger partial charge in [-0.1, -0.05) is 20.3 Å². The second-order valence-corrected chi connectivity index (χ2v) is 5.24. The molecule has 1 rings (SSSR count). The molecule has 2 unspecified atom stereocenters. The summed E-state index contributed by atoms with van der Waals surface area (Å²) in [5, 5.41) is 9.03. The van der Waals surface area contributed by atoms with Crippen molar-refractivity contribution in [2.45, 2.75) is 46.0 Å². The van der Waals surface area contributed by atoms with E-state index >= 15 is 0 Å². The van der Waals surface area contributed by atoms with E-state index < -0.39 is 0 Å². The number of aliphatic hydroxyl groups excluding tert-OH is 1. The molecule has 2 atom stereocenters. The minimum absolute atomic E-state index is 0.193. The van der Waals surface area contributed by atoms with Crippen molar-refractivity contribution in [2.24, 2.45) is 11.8 Å². The Labute approximate surface area is 105 Å². The standard InChI is InChI=1S/C14H27NO2/c1-3-7-15(8-9-16)11-13-10-12(4-2)5-6-14(13)17/h12-13,16H,3-11H2,1-2H3. The van der Waals surface area contributed by atoms with Gasteiger partial charge in [0.1, 0.15) is 5.78 Å². The maximum Gasteiger partial charge on any atom is 0.137 e. The quantitative estimate of drug-likeness (QED) is 0.742. The predicted octanol–water partition coefficient (Wildman–Crippen LogP) is 2.09. The molecule has 0 amide bonds. The van der Waals surface area contributed by atoms with Gasteiger partial charge in [-0.2, -0.15) is 0 Å². The molecule has 0 bridgehead atoms. The molecular formula is C14H27NO2. The van der Waals surface area contributed by atoms with E-state index in [1.54, 1.807) is 0 Å². The van der Waals surface area contributed by atoms with Crippen molar-refractivity contribution in [3.05, 3.63) is 0 Å².